The van der Waals surface area contributed by atoms with E-state index < -0.39 is 0 Å². The lowest BCUT2D eigenvalue weighted by molar-refractivity contribution is -0.140. The molecule has 1 aromatic rings. The van der Waals surface area contributed by atoms with Gasteiger partial charge in [-0.05, 0) is 25.0 Å². The summed E-state index contributed by atoms with van der Waals surface area (Å²) in [6.45, 7) is 5.62. The minimum atomic E-state index is -0.173. The van der Waals surface area contributed by atoms with Gasteiger partial charge in [-0.25, -0.2) is 0 Å². The summed E-state index contributed by atoms with van der Waals surface area (Å²) in [5.41, 5.74) is 3.82. The molecule has 0 aliphatic rings. The smallest absolute Gasteiger partial charge is 0.306 e. The number of hydrogen-bond donors (Lipinski definition) is 1. The minimum absolute atomic E-state index is 0.173. The first-order chi connectivity index (χ1) is 7.63. The number of hydrogen-bond acceptors (Lipinski definition) is 3. The number of methoxy groups -OCH3 is 1. The Balaban J connectivity index is 2.37. The molecule has 88 valence electrons. The van der Waals surface area contributed by atoms with Crippen molar-refractivity contribution in [2.24, 2.45) is 0 Å². The van der Waals surface area contributed by atoms with Gasteiger partial charge in [0, 0.05) is 13.1 Å². The number of carbonyl (C=O) groups is 1. The molecule has 0 atom stereocenters. The van der Waals surface area contributed by atoms with Gasteiger partial charge in [0.15, 0.2) is 0 Å². The maximum absolute atomic E-state index is 10.9. The molecule has 0 spiro atoms. The van der Waals surface area contributed by atoms with Crippen LogP contribution in [0.4, 0.5) is 0 Å². The molecule has 1 rings (SSSR count). The van der Waals surface area contributed by atoms with Gasteiger partial charge < -0.3 is 10.1 Å². The zero-order valence-corrected chi connectivity index (χ0v) is 10.2. The van der Waals surface area contributed by atoms with Crippen LogP contribution in [0.3, 0.4) is 0 Å². The van der Waals surface area contributed by atoms with Gasteiger partial charge in [0.25, 0.3) is 0 Å². The second-order valence-electron chi connectivity index (χ2n) is 3.93. The fraction of sp³-hybridized carbons (Fsp3) is 0.462. The Morgan fingerprint density at radius 1 is 1.38 bits per heavy atom. The predicted octanol–water partition coefficient (Wildman–Crippen LogP) is 1.96. The van der Waals surface area contributed by atoms with Gasteiger partial charge in [0.05, 0.1) is 13.5 Å². The summed E-state index contributed by atoms with van der Waals surface area (Å²) in [5.74, 6) is -0.173. The Morgan fingerprint density at radius 3 is 2.81 bits per heavy atom. The van der Waals surface area contributed by atoms with E-state index in [9.17, 15) is 4.79 Å². The second kappa shape index (κ2) is 6.28. The first kappa shape index (κ1) is 12.7. The molecular formula is C13H19NO2. The van der Waals surface area contributed by atoms with Crippen molar-refractivity contribution >= 4 is 5.97 Å². The molecule has 0 saturated carbocycles. The summed E-state index contributed by atoms with van der Waals surface area (Å²) in [4.78, 5) is 10.9. The lowest BCUT2D eigenvalue weighted by atomic mass is 10.1. The molecule has 0 heterocycles. The summed E-state index contributed by atoms with van der Waals surface area (Å²) < 4.78 is 4.57. The molecule has 3 heteroatoms. The maximum atomic E-state index is 10.9. The largest absolute Gasteiger partial charge is 0.469 e. The number of nitrogens with one attached hydrogen (secondary N) is 1. The van der Waals surface area contributed by atoms with Crippen molar-refractivity contribution in [3.63, 3.8) is 0 Å². The normalized spacial score (nSPS) is 10.2. The van der Waals surface area contributed by atoms with Gasteiger partial charge in [0.2, 0.25) is 0 Å². The van der Waals surface area contributed by atoms with Gasteiger partial charge in [-0.1, -0.05) is 23.8 Å². The van der Waals surface area contributed by atoms with Crippen molar-refractivity contribution in [2.75, 3.05) is 13.7 Å². The number of rotatable bonds is 5. The van der Waals surface area contributed by atoms with Crippen molar-refractivity contribution in [1.82, 2.24) is 5.32 Å². The van der Waals surface area contributed by atoms with E-state index in [1.807, 2.05) is 0 Å². The van der Waals surface area contributed by atoms with Crippen LogP contribution in [0.2, 0.25) is 0 Å². The molecule has 0 aliphatic carbocycles. The van der Waals surface area contributed by atoms with Crippen LogP contribution in [0.25, 0.3) is 0 Å². The molecular weight excluding hydrogens is 202 g/mol. The molecule has 0 amide bonds. The van der Waals surface area contributed by atoms with E-state index in [1.165, 1.54) is 23.8 Å². The number of esters is 1. The van der Waals surface area contributed by atoms with E-state index in [0.717, 1.165) is 6.54 Å². The fourth-order valence-corrected chi connectivity index (χ4v) is 1.51. The molecule has 16 heavy (non-hydrogen) atoms. The van der Waals surface area contributed by atoms with Crippen molar-refractivity contribution in [1.29, 1.82) is 0 Å². The first-order valence-corrected chi connectivity index (χ1v) is 5.47. The Bertz CT molecular complexity index is 361. The summed E-state index contributed by atoms with van der Waals surface area (Å²) >= 11 is 0. The van der Waals surface area contributed by atoms with Crippen LogP contribution in [0.1, 0.15) is 23.1 Å². The molecule has 0 bridgehead atoms. The summed E-state index contributed by atoms with van der Waals surface area (Å²) in [7, 11) is 1.41. The number of aryl methyl sites for hydroxylation is 2. The third-order valence-corrected chi connectivity index (χ3v) is 2.55. The fourth-order valence-electron chi connectivity index (χ4n) is 1.51. The summed E-state index contributed by atoms with van der Waals surface area (Å²) in [6, 6.07) is 6.39. The lowest BCUT2D eigenvalue weighted by Crippen LogP contribution is -2.18. The molecule has 1 aromatic carbocycles. The lowest BCUT2D eigenvalue weighted by Gasteiger charge is -2.08. The zero-order valence-electron chi connectivity index (χ0n) is 10.2. The highest BCUT2D eigenvalue weighted by Crippen LogP contribution is 2.09. The maximum Gasteiger partial charge on any atom is 0.306 e. The van der Waals surface area contributed by atoms with Crippen LogP contribution in [0.15, 0.2) is 18.2 Å². The Hall–Kier alpha value is -1.35. The molecule has 0 saturated heterocycles. The van der Waals surface area contributed by atoms with Crippen molar-refractivity contribution in [3.8, 4) is 0 Å². The van der Waals surface area contributed by atoms with Crippen LogP contribution >= 0.6 is 0 Å². The second-order valence-corrected chi connectivity index (χ2v) is 3.93. The molecule has 0 aromatic heterocycles. The predicted molar refractivity (Wildman–Crippen MR) is 64.3 cm³/mol. The van der Waals surface area contributed by atoms with Crippen molar-refractivity contribution in [3.05, 3.63) is 34.9 Å². The van der Waals surface area contributed by atoms with Crippen LogP contribution < -0.4 is 5.32 Å². The van der Waals surface area contributed by atoms with E-state index in [1.54, 1.807) is 0 Å². The average Bonchev–Trinajstić information content (AvgIpc) is 2.28. The van der Waals surface area contributed by atoms with Crippen LogP contribution in [0, 0.1) is 13.8 Å². The third kappa shape index (κ3) is 4.03. The molecule has 0 fully saturated rings. The van der Waals surface area contributed by atoms with Crippen molar-refractivity contribution in [2.45, 2.75) is 26.8 Å². The molecule has 1 N–H and O–H groups in total. The molecule has 0 aliphatic heterocycles. The van der Waals surface area contributed by atoms with Gasteiger partial charge in [-0.2, -0.15) is 0 Å². The highest BCUT2D eigenvalue weighted by atomic mass is 16.5. The number of carbonyl (C=O) groups excluding carboxylic acids is 1. The summed E-state index contributed by atoms with van der Waals surface area (Å²) in [6.07, 6.45) is 0.418. The first-order valence-electron chi connectivity index (χ1n) is 5.47. The van der Waals surface area contributed by atoms with Crippen molar-refractivity contribution < 1.29 is 9.53 Å². The van der Waals surface area contributed by atoms with Crippen LogP contribution in [-0.4, -0.2) is 19.6 Å². The van der Waals surface area contributed by atoms with Gasteiger partial charge in [-0.3, -0.25) is 4.79 Å². The Morgan fingerprint density at radius 2 is 2.12 bits per heavy atom. The van der Waals surface area contributed by atoms with Gasteiger partial charge in [0.1, 0.15) is 0 Å². The van der Waals surface area contributed by atoms with E-state index in [2.05, 4.69) is 42.1 Å². The summed E-state index contributed by atoms with van der Waals surface area (Å²) in [5, 5.41) is 3.23. The average molecular weight is 221 g/mol. The molecule has 0 unspecified atom stereocenters. The molecule has 3 nitrogen and oxygen atoms in total. The van der Waals surface area contributed by atoms with E-state index in [4.69, 9.17) is 0 Å². The zero-order chi connectivity index (χ0) is 12.0. The quantitative estimate of drug-likeness (QED) is 0.610. The Labute approximate surface area is 96.8 Å². The standard InChI is InChI=1S/C13H19NO2/c1-10-4-5-11(2)12(8-10)9-14-7-6-13(15)16-3/h4-5,8,14H,6-7,9H2,1-3H3. The van der Waals surface area contributed by atoms with E-state index in [0.29, 0.717) is 13.0 Å². The monoisotopic (exact) mass is 221 g/mol. The van der Waals surface area contributed by atoms with Gasteiger partial charge in [-0.15, -0.1) is 0 Å². The number of ether oxygens (including phenoxy) is 1. The Kier molecular flexibility index (Phi) is 4.99. The minimum Gasteiger partial charge on any atom is -0.469 e. The SMILES string of the molecule is COC(=O)CCNCc1cc(C)ccc1C. The van der Waals surface area contributed by atoms with Crippen LogP contribution in [0.5, 0.6) is 0 Å². The molecule has 0 radical (unpaired) electrons. The highest BCUT2D eigenvalue weighted by molar-refractivity contribution is 5.69. The van der Waals surface area contributed by atoms with E-state index in [-0.39, 0.29) is 5.97 Å². The number of benzene rings is 1. The van der Waals surface area contributed by atoms with E-state index >= 15 is 0 Å². The van der Waals surface area contributed by atoms with Crippen LogP contribution in [-0.2, 0) is 16.1 Å². The highest BCUT2D eigenvalue weighted by Gasteiger charge is 2.01. The third-order valence-electron chi connectivity index (χ3n) is 2.55. The topological polar surface area (TPSA) is 38.3 Å². The van der Waals surface area contributed by atoms with Gasteiger partial charge >= 0.3 is 5.97 Å².